The van der Waals surface area contributed by atoms with Gasteiger partial charge in [-0.2, -0.15) is 5.26 Å². The van der Waals surface area contributed by atoms with Crippen LogP contribution in [-0.4, -0.2) is 30.6 Å². The zero-order valence-electron chi connectivity index (χ0n) is 16.7. The number of halogens is 2. The van der Waals surface area contributed by atoms with Crippen molar-refractivity contribution >= 4 is 51.2 Å². The number of nitrogens with zero attached hydrogens (tertiary/aromatic N) is 1. The topological polar surface area (TPSA) is 108 Å². The molecule has 2 N–H and O–H groups in total. The number of anilines is 1. The highest BCUT2D eigenvalue weighted by Crippen LogP contribution is 2.40. The Labute approximate surface area is 196 Å². The van der Waals surface area contributed by atoms with E-state index in [0.717, 1.165) is 11.8 Å². The molecular weight excluding hydrogens is 501 g/mol. The van der Waals surface area contributed by atoms with Crippen LogP contribution in [0.25, 0.3) is 0 Å². The maximum atomic E-state index is 14.0. The number of nitrogens with one attached hydrogen (secondary N) is 2. The van der Waals surface area contributed by atoms with Gasteiger partial charge in [-0.15, -0.1) is 0 Å². The van der Waals surface area contributed by atoms with Gasteiger partial charge < -0.3 is 15.4 Å². The predicted molar refractivity (Wildman–Crippen MR) is 121 cm³/mol. The molecule has 0 spiro atoms. The smallest absolute Gasteiger partial charge is 0.319 e. The molecule has 0 bridgehead atoms. The number of amides is 2. The van der Waals surface area contributed by atoms with Crippen molar-refractivity contribution in [2.75, 3.05) is 18.2 Å². The van der Waals surface area contributed by atoms with Gasteiger partial charge in [0.25, 0.3) is 0 Å². The maximum absolute atomic E-state index is 14.0. The summed E-state index contributed by atoms with van der Waals surface area (Å²) in [4.78, 5) is 37.4. The van der Waals surface area contributed by atoms with Crippen LogP contribution in [0.4, 0.5) is 10.1 Å². The molecule has 32 heavy (non-hydrogen) atoms. The molecule has 0 unspecified atom stereocenters. The van der Waals surface area contributed by atoms with Crippen LogP contribution in [0, 0.1) is 23.1 Å². The first-order valence-corrected chi connectivity index (χ1v) is 11.1. The molecular formula is C22H17BrFN3O4S. The Morgan fingerprint density at radius 2 is 2.00 bits per heavy atom. The molecule has 0 radical (unpaired) electrons. The first kappa shape index (κ1) is 23.5. The van der Waals surface area contributed by atoms with Gasteiger partial charge in [0.2, 0.25) is 11.8 Å². The van der Waals surface area contributed by atoms with Crippen LogP contribution in [0.3, 0.4) is 0 Å². The zero-order chi connectivity index (χ0) is 23.3. The van der Waals surface area contributed by atoms with E-state index in [0.29, 0.717) is 10.0 Å². The number of benzene rings is 2. The molecule has 0 fully saturated rings. The second-order valence-corrected chi connectivity index (χ2v) is 8.60. The van der Waals surface area contributed by atoms with Gasteiger partial charge in [0.1, 0.15) is 11.7 Å². The Bertz CT molecular complexity index is 1130. The van der Waals surface area contributed by atoms with Crippen molar-refractivity contribution in [1.29, 1.82) is 5.26 Å². The summed E-state index contributed by atoms with van der Waals surface area (Å²) in [6, 6.07) is 14.9. The van der Waals surface area contributed by atoms with E-state index < -0.39 is 35.4 Å². The maximum Gasteiger partial charge on any atom is 0.319 e. The summed E-state index contributed by atoms with van der Waals surface area (Å²) in [6.07, 6.45) is 0. The van der Waals surface area contributed by atoms with E-state index in [2.05, 4.69) is 32.6 Å². The van der Waals surface area contributed by atoms with Crippen LogP contribution in [-0.2, 0) is 19.1 Å². The fourth-order valence-corrected chi connectivity index (χ4v) is 4.44. The molecule has 2 aromatic rings. The number of carbonyl (C=O) groups is 3. The largest absolute Gasteiger partial charge is 0.468 e. The first-order valence-electron chi connectivity index (χ1n) is 9.31. The van der Waals surface area contributed by atoms with Crippen LogP contribution in [0.15, 0.2) is 63.6 Å². The average Bonchev–Trinajstić information content (AvgIpc) is 2.79. The first-order chi connectivity index (χ1) is 15.3. The Kier molecular flexibility index (Phi) is 7.66. The van der Waals surface area contributed by atoms with E-state index in [1.54, 1.807) is 36.4 Å². The lowest BCUT2D eigenvalue weighted by atomic mass is 9.78. The Morgan fingerprint density at radius 1 is 1.28 bits per heavy atom. The Morgan fingerprint density at radius 3 is 2.62 bits per heavy atom. The van der Waals surface area contributed by atoms with Crippen LogP contribution < -0.4 is 10.6 Å². The summed E-state index contributed by atoms with van der Waals surface area (Å²) in [5, 5.41) is 15.0. The molecule has 3 rings (SSSR count). The molecule has 0 aromatic heterocycles. The van der Waals surface area contributed by atoms with E-state index in [1.165, 1.54) is 19.2 Å². The van der Waals surface area contributed by atoms with Gasteiger partial charge >= 0.3 is 5.97 Å². The molecule has 164 valence electrons. The molecule has 2 atom stereocenters. The highest BCUT2D eigenvalue weighted by atomic mass is 79.9. The molecule has 10 heteroatoms. The van der Waals surface area contributed by atoms with Crippen molar-refractivity contribution in [2.45, 2.75) is 5.92 Å². The summed E-state index contributed by atoms with van der Waals surface area (Å²) in [5.74, 6) is -4.83. The molecule has 2 aromatic carbocycles. The fourth-order valence-electron chi connectivity index (χ4n) is 3.25. The molecule has 1 heterocycles. The predicted octanol–water partition coefficient (Wildman–Crippen LogP) is 3.70. The van der Waals surface area contributed by atoms with Crippen molar-refractivity contribution in [3.05, 3.63) is 75.0 Å². The fraction of sp³-hybridized carbons (Fsp3) is 0.182. The summed E-state index contributed by atoms with van der Waals surface area (Å²) >= 11 is 4.06. The number of thioether (sulfide) groups is 1. The lowest BCUT2D eigenvalue weighted by Crippen LogP contribution is -2.44. The Hall–Kier alpha value is -3.16. The van der Waals surface area contributed by atoms with E-state index in [1.807, 2.05) is 0 Å². The minimum atomic E-state index is -1.24. The molecule has 0 aliphatic carbocycles. The average molecular weight is 518 g/mol. The SMILES string of the molecule is COC(=O)[C@H]1C(=O)NC(SCC(=O)Nc2ccc(Br)cc2F)=C(C#N)[C@H]1c1ccccc1. The third-order valence-corrected chi connectivity index (χ3v) is 6.21. The normalized spacial score (nSPS) is 17.9. The van der Waals surface area contributed by atoms with Gasteiger partial charge in [0, 0.05) is 10.4 Å². The summed E-state index contributed by atoms with van der Waals surface area (Å²) in [7, 11) is 1.17. The van der Waals surface area contributed by atoms with E-state index in [-0.39, 0.29) is 22.0 Å². The molecule has 2 amide bonds. The highest BCUT2D eigenvalue weighted by molar-refractivity contribution is 9.10. The van der Waals surface area contributed by atoms with Crippen LogP contribution in [0.1, 0.15) is 11.5 Å². The number of ether oxygens (including phenoxy) is 1. The standard InChI is InChI=1S/C22H17BrFN3O4S/c1-31-22(30)19-18(12-5-3-2-4-6-12)14(10-25)21(27-20(19)29)32-11-17(28)26-16-8-7-13(23)9-15(16)24/h2-9,18-19H,11H2,1H3,(H,26,28)(H,27,29)/t18-,19-/m1/s1. The number of hydrogen-bond donors (Lipinski definition) is 2. The molecule has 0 saturated carbocycles. The van der Waals surface area contributed by atoms with Crippen LogP contribution in [0.2, 0.25) is 0 Å². The summed E-state index contributed by atoms with van der Waals surface area (Å²) in [5.41, 5.74) is 0.737. The lowest BCUT2D eigenvalue weighted by Gasteiger charge is -2.30. The van der Waals surface area contributed by atoms with Crippen molar-refractivity contribution < 1.29 is 23.5 Å². The van der Waals surface area contributed by atoms with Gasteiger partial charge in [-0.3, -0.25) is 14.4 Å². The van der Waals surface area contributed by atoms with Crippen molar-refractivity contribution in [1.82, 2.24) is 5.32 Å². The number of carbonyl (C=O) groups excluding carboxylic acids is 3. The number of rotatable bonds is 6. The van der Waals surface area contributed by atoms with Gasteiger partial charge in [0.15, 0.2) is 0 Å². The van der Waals surface area contributed by atoms with Gasteiger partial charge in [-0.25, -0.2) is 4.39 Å². The van der Waals surface area contributed by atoms with E-state index in [4.69, 9.17) is 4.74 Å². The monoisotopic (exact) mass is 517 g/mol. The summed E-state index contributed by atoms with van der Waals surface area (Å²) in [6.45, 7) is 0. The van der Waals surface area contributed by atoms with Gasteiger partial charge in [-0.05, 0) is 23.8 Å². The summed E-state index contributed by atoms with van der Waals surface area (Å²) < 4.78 is 19.3. The zero-order valence-corrected chi connectivity index (χ0v) is 19.1. The van der Waals surface area contributed by atoms with Crippen molar-refractivity contribution in [3.63, 3.8) is 0 Å². The number of methoxy groups -OCH3 is 1. The quantitative estimate of drug-likeness (QED) is 0.446. The second-order valence-electron chi connectivity index (χ2n) is 6.69. The van der Waals surface area contributed by atoms with Crippen molar-refractivity contribution in [2.24, 2.45) is 5.92 Å². The molecule has 0 saturated heterocycles. The number of allylic oxidation sites excluding steroid dienone is 1. The third kappa shape index (κ3) is 5.18. The lowest BCUT2D eigenvalue weighted by molar-refractivity contribution is -0.150. The minimum absolute atomic E-state index is 0.00823. The van der Waals surface area contributed by atoms with Crippen molar-refractivity contribution in [3.8, 4) is 6.07 Å². The number of hydrogen-bond acceptors (Lipinski definition) is 6. The van der Waals surface area contributed by atoms with E-state index >= 15 is 0 Å². The van der Waals surface area contributed by atoms with Gasteiger partial charge in [0.05, 0.1) is 35.2 Å². The number of nitriles is 1. The van der Waals surface area contributed by atoms with Crippen LogP contribution >= 0.6 is 27.7 Å². The molecule has 1 aliphatic rings. The van der Waals surface area contributed by atoms with Gasteiger partial charge in [-0.1, -0.05) is 58.0 Å². The van der Waals surface area contributed by atoms with Crippen LogP contribution in [0.5, 0.6) is 0 Å². The molecule has 7 nitrogen and oxygen atoms in total. The Balaban J connectivity index is 1.86. The minimum Gasteiger partial charge on any atom is -0.468 e. The second kappa shape index (κ2) is 10.4. The highest BCUT2D eigenvalue weighted by Gasteiger charge is 2.44. The number of esters is 1. The van der Waals surface area contributed by atoms with E-state index in [9.17, 15) is 24.0 Å². The molecule has 1 aliphatic heterocycles. The third-order valence-electron chi connectivity index (χ3n) is 4.70.